The highest BCUT2D eigenvalue weighted by Gasteiger charge is 2.55. The van der Waals surface area contributed by atoms with Crippen LogP contribution in [0.25, 0.3) is 0 Å². The number of nitrogens with zero attached hydrogens (tertiary/aromatic N) is 1. The van der Waals surface area contributed by atoms with Crippen LogP contribution in [0, 0.1) is 5.41 Å². The number of ether oxygens (including phenoxy) is 1. The molecular formula is C17H29N3O3. The maximum Gasteiger partial charge on any atom is 0.235 e. The average Bonchev–Trinajstić information content (AvgIpc) is 3.38. The van der Waals surface area contributed by atoms with Gasteiger partial charge in [-0.3, -0.25) is 14.5 Å². The maximum atomic E-state index is 12.1. The fourth-order valence-corrected chi connectivity index (χ4v) is 3.92. The Kier molecular flexibility index (Phi) is 5.21. The van der Waals surface area contributed by atoms with Gasteiger partial charge in [0.1, 0.15) is 5.41 Å². The Morgan fingerprint density at radius 2 is 1.96 bits per heavy atom. The van der Waals surface area contributed by atoms with Crippen molar-refractivity contribution in [2.75, 3.05) is 26.2 Å². The largest absolute Gasteiger partial charge is 0.375 e. The topological polar surface area (TPSA) is 84.7 Å². The van der Waals surface area contributed by atoms with E-state index in [9.17, 15) is 9.59 Å². The minimum atomic E-state index is -0.915. The molecule has 0 radical (unpaired) electrons. The summed E-state index contributed by atoms with van der Waals surface area (Å²) in [6.07, 6.45) is 8.83. The molecule has 3 aliphatic rings. The molecule has 0 bridgehead atoms. The Labute approximate surface area is 138 Å². The molecule has 130 valence electrons. The van der Waals surface area contributed by atoms with E-state index in [4.69, 9.17) is 10.5 Å². The highest BCUT2D eigenvalue weighted by molar-refractivity contribution is 6.07. The first-order valence-corrected chi connectivity index (χ1v) is 9.06. The lowest BCUT2D eigenvalue weighted by atomic mass is 9.93. The summed E-state index contributed by atoms with van der Waals surface area (Å²) in [5, 5.41) is 2.87. The summed E-state index contributed by atoms with van der Waals surface area (Å²) < 4.78 is 5.84. The molecule has 0 aromatic carbocycles. The van der Waals surface area contributed by atoms with Crippen molar-refractivity contribution in [1.29, 1.82) is 0 Å². The lowest BCUT2D eigenvalue weighted by Crippen LogP contribution is -2.49. The third-order valence-corrected chi connectivity index (χ3v) is 5.67. The van der Waals surface area contributed by atoms with E-state index in [1.54, 1.807) is 0 Å². The van der Waals surface area contributed by atoms with Crippen molar-refractivity contribution < 1.29 is 14.3 Å². The van der Waals surface area contributed by atoms with Crippen molar-refractivity contribution in [3.05, 3.63) is 0 Å². The van der Waals surface area contributed by atoms with Crippen molar-refractivity contribution in [1.82, 2.24) is 10.2 Å². The summed E-state index contributed by atoms with van der Waals surface area (Å²) >= 11 is 0. The van der Waals surface area contributed by atoms with E-state index in [-0.39, 0.29) is 12.0 Å². The predicted molar refractivity (Wildman–Crippen MR) is 86.7 cm³/mol. The van der Waals surface area contributed by atoms with Gasteiger partial charge in [-0.25, -0.2) is 0 Å². The molecule has 6 heteroatoms. The van der Waals surface area contributed by atoms with E-state index in [1.165, 1.54) is 32.1 Å². The molecule has 0 aromatic rings. The molecule has 3 N–H and O–H groups in total. The van der Waals surface area contributed by atoms with Gasteiger partial charge in [0.05, 0.1) is 12.7 Å². The lowest BCUT2D eigenvalue weighted by Gasteiger charge is -2.40. The molecule has 1 heterocycles. The number of amides is 2. The Morgan fingerprint density at radius 3 is 2.61 bits per heavy atom. The molecule has 1 aliphatic heterocycles. The molecule has 2 amide bonds. The standard InChI is InChI=1S/C17H29N3O3/c18-15(21)17(7-8-17)16(22)19-9-6-14-12-20(10-11-23-14)13-4-2-1-3-5-13/h13-14H,1-12H2,(H2,18,21)(H,19,22)/t14-/m1/s1. The van der Waals surface area contributed by atoms with E-state index in [1.807, 2.05) is 0 Å². The number of nitrogens with one attached hydrogen (secondary N) is 1. The minimum absolute atomic E-state index is 0.176. The highest BCUT2D eigenvalue weighted by atomic mass is 16.5. The normalized spacial score (nSPS) is 28.3. The molecule has 0 spiro atoms. The van der Waals surface area contributed by atoms with Gasteiger partial charge in [0.2, 0.25) is 11.8 Å². The smallest absolute Gasteiger partial charge is 0.235 e. The quantitative estimate of drug-likeness (QED) is 0.708. The summed E-state index contributed by atoms with van der Waals surface area (Å²) in [7, 11) is 0. The van der Waals surface area contributed by atoms with Gasteiger partial charge in [0.25, 0.3) is 0 Å². The first-order chi connectivity index (χ1) is 11.1. The fourth-order valence-electron chi connectivity index (χ4n) is 3.92. The van der Waals surface area contributed by atoms with Crippen molar-refractivity contribution in [3.63, 3.8) is 0 Å². The first kappa shape index (κ1) is 16.7. The second-order valence-electron chi connectivity index (χ2n) is 7.27. The Balaban J connectivity index is 1.40. The Hall–Kier alpha value is -1.14. The SMILES string of the molecule is NC(=O)C1(C(=O)NCC[C@@H]2CN(C3CCCCC3)CCO2)CC1. The van der Waals surface area contributed by atoms with Crippen molar-refractivity contribution in [3.8, 4) is 0 Å². The number of hydrogen-bond donors (Lipinski definition) is 2. The third-order valence-electron chi connectivity index (χ3n) is 5.67. The maximum absolute atomic E-state index is 12.1. The zero-order valence-electron chi connectivity index (χ0n) is 13.9. The van der Waals surface area contributed by atoms with Crippen LogP contribution in [-0.2, 0) is 14.3 Å². The number of hydrogen-bond acceptors (Lipinski definition) is 4. The molecule has 3 rings (SSSR count). The number of nitrogens with two attached hydrogens (primary N) is 1. The summed E-state index contributed by atoms with van der Waals surface area (Å²) in [5.41, 5.74) is 4.40. The number of morpholine rings is 1. The van der Waals surface area contributed by atoms with Gasteiger partial charge < -0.3 is 15.8 Å². The zero-order valence-corrected chi connectivity index (χ0v) is 13.9. The lowest BCUT2D eigenvalue weighted by molar-refractivity contribution is -0.135. The number of carbonyl (C=O) groups excluding carboxylic acids is 2. The van der Waals surface area contributed by atoms with Gasteiger partial charge >= 0.3 is 0 Å². The molecule has 23 heavy (non-hydrogen) atoms. The molecule has 0 unspecified atom stereocenters. The fraction of sp³-hybridized carbons (Fsp3) is 0.882. The summed E-state index contributed by atoms with van der Waals surface area (Å²) in [6, 6.07) is 0.717. The van der Waals surface area contributed by atoms with Crippen LogP contribution >= 0.6 is 0 Å². The molecule has 2 aliphatic carbocycles. The third kappa shape index (κ3) is 3.86. The van der Waals surface area contributed by atoms with Crippen molar-refractivity contribution in [2.24, 2.45) is 11.1 Å². The van der Waals surface area contributed by atoms with Gasteiger partial charge in [-0.15, -0.1) is 0 Å². The van der Waals surface area contributed by atoms with E-state index in [2.05, 4.69) is 10.2 Å². The summed E-state index contributed by atoms with van der Waals surface area (Å²) in [6.45, 7) is 3.32. The summed E-state index contributed by atoms with van der Waals surface area (Å²) in [4.78, 5) is 26.0. The zero-order chi connectivity index (χ0) is 16.3. The van der Waals surface area contributed by atoms with E-state index in [0.717, 1.165) is 26.1 Å². The van der Waals surface area contributed by atoms with Crippen LogP contribution in [0.1, 0.15) is 51.4 Å². The molecule has 1 atom stereocenters. The second kappa shape index (κ2) is 7.18. The van der Waals surface area contributed by atoms with Gasteiger partial charge in [-0.05, 0) is 32.1 Å². The van der Waals surface area contributed by atoms with Crippen molar-refractivity contribution >= 4 is 11.8 Å². The molecule has 3 fully saturated rings. The molecule has 0 aromatic heterocycles. The van der Waals surface area contributed by atoms with Gasteiger partial charge in [0.15, 0.2) is 0 Å². The minimum Gasteiger partial charge on any atom is -0.375 e. The van der Waals surface area contributed by atoms with Gasteiger partial charge in [0, 0.05) is 25.7 Å². The number of carbonyl (C=O) groups is 2. The van der Waals surface area contributed by atoms with Crippen molar-refractivity contribution in [2.45, 2.75) is 63.5 Å². The molecule has 6 nitrogen and oxygen atoms in total. The molecule has 1 saturated heterocycles. The van der Waals surface area contributed by atoms with Crippen LogP contribution in [-0.4, -0.2) is 55.1 Å². The van der Waals surface area contributed by atoms with Crippen LogP contribution in [0.3, 0.4) is 0 Å². The van der Waals surface area contributed by atoms with Crippen LogP contribution < -0.4 is 11.1 Å². The highest BCUT2D eigenvalue weighted by Crippen LogP contribution is 2.45. The Bertz CT molecular complexity index is 444. The van der Waals surface area contributed by atoms with E-state index < -0.39 is 11.3 Å². The van der Waals surface area contributed by atoms with Crippen LogP contribution in [0.2, 0.25) is 0 Å². The van der Waals surface area contributed by atoms with E-state index in [0.29, 0.717) is 25.4 Å². The number of primary amides is 1. The van der Waals surface area contributed by atoms with Crippen LogP contribution in [0.4, 0.5) is 0 Å². The second-order valence-corrected chi connectivity index (χ2v) is 7.27. The van der Waals surface area contributed by atoms with Gasteiger partial charge in [-0.1, -0.05) is 19.3 Å². The summed E-state index contributed by atoms with van der Waals surface area (Å²) in [5.74, 6) is -0.697. The first-order valence-electron chi connectivity index (χ1n) is 9.06. The molecule has 2 saturated carbocycles. The van der Waals surface area contributed by atoms with E-state index >= 15 is 0 Å². The number of rotatable bonds is 6. The van der Waals surface area contributed by atoms with Gasteiger partial charge in [-0.2, -0.15) is 0 Å². The van der Waals surface area contributed by atoms with Crippen LogP contribution in [0.15, 0.2) is 0 Å². The monoisotopic (exact) mass is 323 g/mol. The average molecular weight is 323 g/mol. The Morgan fingerprint density at radius 1 is 1.22 bits per heavy atom. The van der Waals surface area contributed by atoms with Crippen LogP contribution in [0.5, 0.6) is 0 Å². The predicted octanol–water partition coefficient (Wildman–Crippen LogP) is 0.792. The molecular weight excluding hydrogens is 294 g/mol.